The van der Waals surface area contributed by atoms with E-state index in [9.17, 15) is 19.2 Å². The molecule has 1 aliphatic heterocycles. The molecule has 10 heteroatoms. The summed E-state index contributed by atoms with van der Waals surface area (Å²) in [5.41, 5.74) is -1.83. The molecule has 3 aliphatic carbocycles. The molecular formula is C31H40O10. The van der Waals surface area contributed by atoms with E-state index in [4.69, 9.17) is 28.1 Å². The number of esters is 3. The van der Waals surface area contributed by atoms with E-state index >= 15 is 0 Å². The number of methoxy groups -OCH3 is 3. The monoisotopic (exact) mass is 572 g/mol. The summed E-state index contributed by atoms with van der Waals surface area (Å²) in [6.45, 7) is 7.30. The minimum atomic E-state index is -1.54. The summed E-state index contributed by atoms with van der Waals surface area (Å²) >= 11 is 0. The Kier molecular flexibility index (Phi) is 7.26. The molecule has 0 bridgehead atoms. The van der Waals surface area contributed by atoms with Crippen LogP contribution in [0, 0.1) is 28.1 Å². The number of Topliss-reactive ketones (excluding diaryl/α,β-unsaturated/α-hetero) is 1. The van der Waals surface area contributed by atoms with Crippen molar-refractivity contribution in [1.29, 1.82) is 0 Å². The average molecular weight is 573 g/mol. The molecule has 5 rings (SSSR count). The van der Waals surface area contributed by atoms with E-state index < -0.39 is 58.1 Å². The van der Waals surface area contributed by atoms with Gasteiger partial charge in [0, 0.05) is 62.4 Å². The van der Waals surface area contributed by atoms with Gasteiger partial charge in [-0.15, -0.1) is 0 Å². The first kappa shape index (κ1) is 29.5. The van der Waals surface area contributed by atoms with Gasteiger partial charge in [0.2, 0.25) is 5.78 Å². The van der Waals surface area contributed by atoms with Crippen LogP contribution < -0.4 is 0 Å². The van der Waals surface area contributed by atoms with Crippen molar-refractivity contribution in [2.75, 3.05) is 21.3 Å². The molecule has 224 valence electrons. The number of rotatable bonds is 8. The van der Waals surface area contributed by atoms with Crippen LogP contribution in [0.3, 0.4) is 0 Å². The summed E-state index contributed by atoms with van der Waals surface area (Å²) in [5.74, 6) is -2.48. The lowest BCUT2D eigenvalue weighted by atomic mass is 9.55. The van der Waals surface area contributed by atoms with Crippen LogP contribution >= 0.6 is 0 Å². The first-order chi connectivity index (χ1) is 19.3. The number of hydrogen-bond donors (Lipinski definition) is 0. The average Bonchev–Trinajstić information content (AvgIpc) is 3.56. The normalized spacial score (nSPS) is 37.9. The molecule has 7 atom stereocenters. The van der Waals surface area contributed by atoms with Gasteiger partial charge in [0.05, 0.1) is 26.1 Å². The Morgan fingerprint density at radius 1 is 1.12 bits per heavy atom. The van der Waals surface area contributed by atoms with E-state index in [1.165, 1.54) is 20.3 Å². The minimum absolute atomic E-state index is 0.0238. The fourth-order valence-electron chi connectivity index (χ4n) is 9.01. The number of fused-ring (bicyclic) bond motifs is 4. The third-order valence-electron chi connectivity index (χ3n) is 10.8. The summed E-state index contributed by atoms with van der Waals surface area (Å²) in [4.78, 5) is 53.6. The maximum Gasteiger partial charge on any atom is 0.310 e. The lowest BCUT2D eigenvalue weighted by Crippen LogP contribution is -2.51. The van der Waals surface area contributed by atoms with Crippen LogP contribution in [0.15, 0.2) is 34.2 Å². The van der Waals surface area contributed by atoms with Crippen LogP contribution in [0.1, 0.15) is 77.9 Å². The molecule has 0 radical (unpaired) electrons. The molecule has 0 spiro atoms. The van der Waals surface area contributed by atoms with Gasteiger partial charge in [-0.3, -0.25) is 19.2 Å². The Bertz CT molecular complexity index is 1280. The zero-order chi connectivity index (χ0) is 30.0. The minimum Gasteiger partial charge on any atom is -0.472 e. The van der Waals surface area contributed by atoms with Gasteiger partial charge in [0.1, 0.15) is 6.10 Å². The van der Waals surface area contributed by atoms with E-state index in [1.807, 2.05) is 20.8 Å². The second-order valence-electron chi connectivity index (χ2n) is 12.8. The highest BCUT2D eigenvalue weighted by Gasteiger charge is 2.79. The molecule has 0 amide bonds. The maximum absolute atomic E-state index is 14.9. The van der Waals surface area contributed by atoms with E-state index in [-0.39, 0.29) is 31.0 Å². The van der Waals surface area contributed by atoms with E-state index in [1.54, 1.807) is 26.5 Å². The number of cyclic esters (lactones) is 1. The molecule has 2 saturated carbocycles. The van der Waals surface area contributed by atoms with Gasteiger partial charge in [-0.25, -0.2) is 0 Å². The van der Waals surface area contributed by atoms with Gasteiger partial charge in [-0.05, 0) is 41.7 Å². The highest BCUT2D eigenvalue weighted by molar-refractivity contribution is 6.09. The van der Waals surface area contributed by atoms with Crippen LogP contribution in [-0.2, 0) is 42.9 Å². The van der Waals surface area contributed by atoms with Crippen LogP contribution in [-0.4, -0.2) is 56.9 Å². The first-order valence-electron chi connectivity index (χ1n) is 14.1. The highest BCUT2D eigenvalue weighted by Crippen LogP contribution is 2.75. The molecule has 0 unspecified atom stereocenters. The number of ether oxygens (including phenoxy) is 5. The van der Waals surface area contributed by atoms with Gasteiger partial charge in [0.25, 0.3) is 0 Å². The van der Waals surface area contributed by atoms with Gasteiger partial charge in [0.15, 0.2) is 11.9 Å². The predicted octanol–water partition coefficient (Wildman–Crippen LogP) is 4.47. The van der Waals surface area contributed by atoms with Crippen molar-refractivity contribution in [3.63, 3.8) is 0 Å². The van der Waals surface area contributed by atoms with Gasteiger partial charge >= 0.3 is 17.9 Å². The van der Waals surface area contributed by atoms with Crippen molar-refractivity contribution in [3.8, 4) is 0 Å². The van der Waals surface area contributed by atoms with E-state index in [0.717, 1.165) is 11.1 Å². The molecule has 1 aromatic heterocycles. The SMILES string of the molecule is COC(=O)C[C@H]1[C@](C)(CC(OC)OC)C[C@@]2(OC(C)=O)C(=O)C3=C4CC(=O)O[C@@H](c5ccoc5)[C@]4(C)CC[C@H]3[C@@]12C. The lowest BCUT2D eigenvalue weighted by Gasteiger charge is -2.50. The van der Waals surface area contributed by atoms with Crippen molar-refractivity contribution < 1.29 is 47.3 Å². The molecule has 41 heavy (non-hydrogen) atoms. The van der Waals surface area contributed by atoms with Crippen LogP contribution in [0.25, 0.3) is 0 Å². The molecule has 1 aromatic rings. The molecular weight excluding hydrogens is 532 g/mol. The van der Waals surface area contributed by atoms with Crippen molar-refractivity contribution >= 4 is 23.7 Å². The summed E-state index contributed by atoms with van der Waals surface area (Å²) in [6, 6.07) is 1.77. The summed E-state index contributed by atoms with van der Waals surface area (Å²) in [5, 5.41) is 0. The van der Waals surface area contributed by atoms with Gasteiger partial charge < -0.3 is 28.1 Å². The van der Waals surface area contributed by atoms with Crippen molar-refractivity contribution in [2.24, 2.45) is 28.1 Å². The summed E-state index contributed by atoms with van der Waals surface area (Å²) in [7, 11) is 4.42. The van der Waals surface area contributed by atoms with E-state index in [0.29, 0.717) is 24.8 Å². The maximum atomic E-state index is 14.9. The van der Waals surface area contributed by atoms with Crippen LogP contribution in [0.4, 0.5) is 0 Å². The Morgan fingerprint density at radius 2 is 1.83 bits per heavy atom. The number of carbonyl (C=O) groups excluding carboxylic acids is 4. The zero-order valence-corrected chi connectivity index (χ0v) is 24.9. The Morgan fingerprint density at radius 3 is 2.41 bits per heavy atom. The standard InChI is InChI=1S/C31H40O10/c1-17(32)41-31-16-28(2,14-24(37-6)38-7)21(13-22(33)36-5)30(31,4)19-8-10-29(3)20(25(19)26(31)35)12-23(34)40-27(29)18-9-11-39-15-18/h9,11,15,19,21,24,27H,8,10,12-14,16H2,1-7H3/t19-,21+,27+,28-,29-,30+,31-/m1/s1. The third kappa shape index (κ3) is 4.12. The van der Waals surface area contributed by atoms with Crippen molar-refractivity contribution in [3.05, 3.63) is 35.3 Å². The smallest absolute Gasteiger partial charge is 0.310 e. The Balaban J connectivity index is 1.72. The summed E-state index contributed by atoms with van der Waals surface area (Å²) in [6.07, 6.45) is 3.65. The quantitative estimate of drug-likeness (QED) is 0.250. The predicted molar refractivity (Wildman–Crippen MR) is 143 cm³/mol. The van der Waals surface area contributed by atoms with Crippen molar-refractivity contribution in [1.82, 2.24) is 0 Å². The number of hydrogen-bond acceptors (Lipinski definition) is 10. The highest BCUT2D eigenvalue weighted by atomic mass is 16.7. The fraction of sp³-hybridized carbons (Fsp3) is 0.677. The first-order valence-corrected chi connectivity index (χ1v) is 14.1. The molecule has 4 aliphatic rings. The summed E-state index contributed by atoms with van der Waals surface area (Å²) < 4.78 is 33.6. The molecule has 3 fully saturated rings. The van der Waals surface area contributed by atoms with Crippen molar-refractivity contribution in [2.45, 2.75) is 84.2 Å². The zero-order valence-electron chi connectivity index (χ0n) is 24.9. The second kappa shape index (κ2) is 10.1. The van der Waals surface area contributed by atoms with Gasteiger partial charge in [-0.1, -0.05) is 20.8 Å². The molecule has 0 N–H and O–H groups in total. The number of carbonyl (C=O) groups is 4. The van der Waals surface area contributed by atoms with Gasteiger partial charge in [-0.2, -0.15) is 0 Å². The second-order valence-corrected chi connectivity index (χ2v) is 12.8. The van der Waals surface area contributed by atoms with E-state index in [2.05, 4.69) is 0 Å². The largest absolute Gasteiger partial charge is 0.472 e. The topological polar surface area (TPSA) is 128 Å². The fourth-order valence-corrected chi connectivity index (χ4v) is 9.01. The Labute approximate surface area is 240 Å². The molecule has 10 nitrogen and oxygen atoms in total. The van der Waals surface area contributed by atoms with Crippen LogP contribution in [0.2, 0.25) is 0 Å². The molecule has 1 saturated heterocycles. The molecule has 2 heterocycles. The Hall–Kier alpha value is -2.98. The molecule has 0 aromatic carbocycles. The lowest BCUT2D eigenvalue weighted by molar-refractivity contribution is -0.176. The number of ketones is 1. The third-order valence-corrected chi connectivity index (χ3v) is 10.8. The number of furan rings is 1. The van der Waals surface area contributed by atoms with Crippen LogP contribution in [0.5, 0.6) is 0 Å².